The smallest absolute Gasteiger partial charge is 0.162 e. The van der Waals surface area contributed by atoms with Crippen LogP contribution >= 0.6 is 0 Å². The van der Waals surface area contributed by atoms with Gasteiger partial charge in [0, 0.05) is 24.0 Å². The van der Waals surface area contributed by atoms with Crippen molar-refractivity contribution in [2.75, 3.05) is 0 Å². The predicted octanol–water partition coefficient (Wildman–Crippen LogP) is 4.66. The lowest BCUT2D eigenvalue weighted by Gasteiger charge is -2.08. The van der Waals surface area contributed by atoms with Crippen LogP contribution in [-0.2, 0) is 0 Å². The van der Waals surface area contributed by atoms with Crippen LogP contribution in [0.15, 0.2) is 48.5 Å². The fourth-order valence-electron chi connectivity index (χ4n) is 2.01. The fraction of sp³-hybridized carbons (Fsp3) is 0.222. The first-order valence-electron chi connectivity index (χ1n) is 7.08. The monoisotopic (exact) mass is 282 g/mol. The summed E-state index contributed by atoms with van der Waals surface area (Å²) in [5.74, 6) is 1.34. The molecule has 0 atom stereocenters. The number of carbonyl (C=O) groups excluding carboxylic acids is 2. The number of Topliss-reactive ketones (excluding diaryl/α,β-unsaturated/α-hetero) is 2. The Hall–Kier alpha value is -2.42. The summed E-state index contributed by atoms with van der Waals surface area (Å²) in [6.07, 6.45) is 0.924. The molecule has 21 heavy (non-hydrogen) atoms. The molecule has 108 valence electrons. The van der Waals surface area contributed by atoms with Crippen molar-refractivity contribution in [1.82, 2.24) is 0 Å². The lowest BCUT2D eigenvalue weighted by atomic mass is 10.1. The summed E-state index contributed by atoms with van der Waals surface area (Å²) >= 11 is 0. The van der Waals surface area contributed by atoms with Gasteiger partial charge in [-0.25, -0.2) is 0 Å². The molecule has 3 nitrogen and oxygen atoms in total. The molecule has 0 saturated carbocycles. The van der Waals surface area contributed by atoms with Crippen LogP contribution in [0.2, 0.25) is 0 Å². The summed E-state index contributed by atoms with van der Waals surface area (Å²) in [7, 11) is 0. The minimum atomic E-state index is 0.0790. The van der Waals surface area contributed by atoms with Crippen molar-refractivity contribution < 1.29 is 14.3 Å². The van der Waals surface area contributed by atoms with Gasteiger partial charge in [0.15, 0.2) is 11.6 Å². The Bertz CT molecular complexity index is 602. The molecule has 0 fully saturated rings. The van der Waals surface area contributed by atoms with E-state index in [-0.39, 0.29) is 11.6 Å². The van der Waals surface area contributed by atoms with E-state index < -0.39 is 0 Å². The van der Waals surface area contributed by atoms with Crippen LogP contribution in [0.3, 0.4) is 0 Å². The van der Waals surface area contributed by atoms with Crippen LogP contribution in [0.1, 0.15) is 47.4 Å². The highest BCUT2D eigenvalue weighted by Gasteiger charge is 2.07. The Labute approximate surface area is 124 Å². The third-order valence-corrected chi connectivity index (χ3v) is 3.19. The average molecular weight is 282 g/mol. The first kappa shape index (κ1) is 15.0. The van der Waals surface area contributed by atoms with Gasteiger partial charge >= 0.3 is 0 Å². The molecule has 2 rings (SSSR count). The van der Waals surface area contributed by atoms with Gasteiger partial charge in [0.25, 0.3) is 0 Å². The molecule has 0 saturated heterocycles. The van der Waals surface area contributed by atoms with Gasteiger partial charge in [-0.05, 0) is 24.3 Å². The van der Waals surface area contributed by atoms with Gasteiger partial charge in [-0.2, -0.15) is 0 Å². The summed E-state index contributed by atoms with van der Waals surface area (Å²) in [5.41, 5.74) is 1.27. The third kappa shape index (κ3) is 3.78. The molecule has 0 aliphatic carbocycles. The first-order chi connectivity index (χ1) is 10.1. The zero-order valence-corrected chi connectivity index (χ0v) is 12.3. The Morgan fingerprint density at radius 3 is 1.62 bits per heavy atom. The maximum absolute atomic E-state index is 11.7. The summed E-state index contributed by atoms with van der Waals surface area (Å²) in [6.45, 7) is 3.66. The van der Waals surface area contributed by atoms with Crippen LogP contribution < -0.4 is 4.74 Å². The van der Waals surface area contributed by atoms with E-state index in [1.54, 1.807) is 48.5 Å². The molecule has 0 amide bonds. The fourth-order valence-corrected chi connectivity index (χ4v) is 2.01. The highest BCUT2D eigenvalue weighted by molar-refractivity contribution is 5.96. The van der Waals surface area contributed by atoms with Crippen molar-refractivity contribution in [2.24, 2.45) is 0 Å². The van der Waals surface area contributed by atoms with Crippen LogP contribution in [-0.4, -0.2) is 11.6 Å². The first-order valence-corrected chi connectivity index (χ1v) is 7.08. The summed E-state index contributed by atoms with van der Waals surface area (Å²) < 4.78 is 5.74. The number of ether oxygens (including phenoxy) is 1. The highest BCUT2D eigenvalue weighted by Crippen LogP contribution is 2.24. The van der Waals surface area contributed by atoms with E-state index >= 15 is 0 Å². The van der Waals surface area contributed by atoms with Crippen molar-refractivity contribution in [1.29, 1.82) is 0 Å². The van der Waals surface area contributed by atoms with Crippen LogP contribution in [0.25, 0.3) is 0 Å². The van der Waals surface area contributed by atoms with Crippen molar-refractivity contribution in [3.63, 3.8) is 0 Å². The largest absolute Gasteiger partial charge is 0.457 e. The Kier molecular flexibility index (Phi) is 4.88. The Morgan fingerprint density at radius 1 is 0.810 bits per heavy atom. The van der Waals surface area contributed by atoms with E-state index in [2.05, 4.69) is 0 Å². The minimum absolute atomic E-state index is 0.0790. The maximum Gasteiger partial charge on any atom is 0.162 e. The number of hydrogen-bond acceptors (Lipinski definition) is 3. The number of benzene rings is 2. The lowest BCUT2D eigenvalue weighted by molar-refractivity contribution is 0.0980. The predicted molar refractivity (Wildman–Crippen MR) is 82.2 cm³/mol. The molecule has 0 unspecified atom stereocenters. The second-order valence-electron chi connectivity index (χ2n) is 4.71. The van der Waals surface area contributed by atoms with E-state index in [4.69, 9.17) is 4.74 Å². The standard InChI is InChI=1S/C18H18O3/c1-3-17(19)13-7-5-9-15(11-13)21-16-10-6-8-14(12-16)18(20)4-2/h5-12H,3-4H2,1-2H3. The molecular weight excluding hydrogens is 264 g/mol. The van der Waals surface area contributed by atoms with Crippen LogP contribution in [0.5, 0.6) is 11.5 Å². The van der Waals surface area contributed by atoms with Gasteiger partial charge in [-0.15, -0.1) is 0 Å². The second kappa shape index (κ2) is 6.84. The lowest BCUT2D eigenvalue weighted by Crippen LogP contribution is -1.98. The number of rotatable bonds is 6. The molecule has 0 aliphatic heterocycles. The molecule has 2 aromatic rings. The number of carbonyl (C=O) groups is 2. The molecule has 3 heteroatoms. The number of hydrogen-bond donors (Lipinski definition) is 0. The minimum Gasteiger partial charge on any atom is -0.457 e. The Morgan fingerprint density at radius 2 is 1.24 bits per heavy atom. The second-order valence-corrected chi connectivity index (χ2v) is 4.71. The van der Waals surface area contributed by atoms with Gasteiger partial charge in [-0.1, -0.05) is 38.1 Å². The summed E-state index contributed by atoms with van der Waals surface area (Å²) in [4.78, 5) is 23.4. The zero-order valence-electron chi connectivity index (χ0n) is 12.3. The molecule has 0 N–H and O–H groups in total. The topological polar surface area (TPSA) is 43.4 Å². The third-order valence-electron chi connectivity index (χ3n) is 3.19. The summed E-state index contributed by atoms with van der Waals surface area (Å²) in [6, 6.07) is 14.2. The quantitative estimate of drug-likeness (QED) is 0.723. The van der Waals surface area contributed by atoms with Crippen molar-refractivity contribution in [3.05, 3.63) is 59.7 Å². The number of ketones is 2. The average Bonchev–Trinajstić information content (AvgIpc) is 2.53. The SMILES string of the molecule is CCC(=O)c1cccc(Oc2cccc(C(=O)CC)c2)c1. The van der Waals surface area contributed by atoms with Gasteiger partial charge in [0.05, 0.1) is 0 Å². The highest BCUT2D eigenvalue weighted by atomic mass is 16.5. The van der Waals surface area contributed by atoms with Crippen molar-refractivity contribution >= 4 is 11.6 Å². The van der Waals surface area contributed by atoms with Crippen molar-refractivity contribution in [2.45, 2.75) is 26.7 Å². The van der Waals surface area contributed by atoms with Crippen LogP contribution in [0.4, 0.5) is 0 Å². The molecule has 0 heterocycles. The summed E-state index contributed by atoms with van der Waals surface area (Å²) in [5, 5.41) is 0. The molecule has 2 aromatic carbocycles. The zero-order chi connectivity index (χ0) is 15.2. The van der Waals surface area contributed by atoms with E-state index in [1.807, 2.05) is 13.8 Å². The molecule has 0 spiro atoms. The van der Waals surface area contributed by atoms with E-state index in [9.17, 15) is 9.59 Å². The van der Waals surface area contributed by atoms with E-state index in [0.717, 1.165) is 0 Å². The van der Waals surface area contributed by atoms with Gasteiger partial charge in [0.2, 0.25) is 0 Å². The Balaban J connectivity index is 2.22. The van der Waals surface area contributed by atoms with Gasteiger partial charge < -0.3 is 4.74 Å². The van der Waals surface area contributed by atoms with Gasteiger partial charge in [0.1, 0.15) is 11.5 Å². The normalized spacial score (nSPS) is 10.2. The molecular formula is C18H18O3. The van der Waals surface area contributed by atoms with E-state index in [1.165, 1.54) is 0 Å². The van der Waals surface area contributed by atoms with Crippen LogP contribution in [0, 0.1) is 0 Å². The molecule has 0 aromatic heterocycles. The molecule has 0 bridgehead atoms. The molecule has 0 radical (unpaired) electrons. The van der Waals surface area contributed by atoms with Gasteiger partial charge in [-0.3, -0.25) is 9.59 Å². The van der Waals surface area contributed by atoms with E-state index in [0.29, 0.717) is 35.5 Å². The molecule has 0 aliphatic rings. The van der Waals surface area contributed by atoms with Crippen molar-refractivity contribution in [3.8, 4) is 11.5 Å². The maximum atomic E-state index is 11.7.